The Morgan fingerprint density at radius 1 is 1.40 bits per heavy atom. The third-order valence-electron chi connectivity index (χ3n) is 4.40. The summed E-state index contributed by atoms with van der Waals surface area (Å²) in [6.45, 7) is 1.24. The summed E-state index contributed by atoms with van der Waals surface area (Å²) in [5.41, 5.74) is 4.12. The topological polar surface area (TPSA) is 49.8 Å². The van der Waals surface area contributed by atoms with Crippen LogP contribution in [-0.2, 0) is 28.9 Å². The van der Waals surface area contributed by atoms with Gasteiger partial charge in [0.2, 0.25) is 0 Å². The average Bonchev–Trinajstić information content (AvgIpc) is 3.04. The van der Waals surface area contributed by atoms with Crippen molar-refractivity contribution in [1.29, 1.82) is 0 Å². The zero-order chi connectivity index (χ0) is 14.1. The van der Waals surface area contributed by atoms with E-state index < -0.39 is 6.10 Å². The summed E-state index contributed by atoms with van der Waals surface area (Å²) in [7, 11) is 1.40. The minimum atomic E-state index is -0.437. The molecule has 2 aliphatic rings. The van der Waals surface area contributed by atoms with Crippen LogP contribution in [0.25, 0.3) is 0 Å². The molecule has 1 saturated heterocycles. The quantitative estimate of drug-likeness (QED) is 0.844. The van der Waals surface area contributed by atoms with Crippen LogP contribution in [0.2, 0.25) is 0 Å². The number of carbonyl (C=O) groups excluding carboxylic acids is 1. The van der Waals surface area contributed by atoms with E-state index in [2.05, 4.69) is 18.2 Å². The smallest absolute Gasteiger partial charge is 0.323 e. The Morgan fingerprint density at radius 2 is 2.20 bits per heavy atom. The molecule has 1 aromatic rings. The Kier molecular flexibility index (Phi) is 3.76. The van der Waals surface area contributed by atoms with E-state index in [1.807, 2.05) is 4.90 Å². The summed E-state index contributed by atoms with van der Waals surface area (Å²) < 4.78 is 4.83. The molecule has 1 N–H and O–H groups in total. The van der Waals surface area contributed by atoms with Crippen molar-refractivity contribution >= 4 is 5.97 Å². The number of β-amino-alcohol motifs (C(OH)–C–C–N with tert-alkyl or cyclic N) is 1. The van der Waals surface area contributed by atoms with Crippen molar-refractivity contribution in [1.82, 2.24) is 4.90 Å². The standard InChI is InChI=1S/C16H21NO3/c1-20-16(19)15-8-14(18)10-17(15)9-11-5-6-12-3-2-4-13(12)7-11/h5-7,14-15,18H,2-4,8-10H2,1H3. The normalized spacial score (nSPS) is 25.7. The lowest BCUT2D eigenvalue weighted by Crippen LogP contribution is -2.36. The minimum Gasteiger partial charge on any atom is -0.468 e. The van der Waals surface area contributed by atoms with Crippen molar-refractivity contribution in [3.63, 3.8) is 0 Å². The zero-order valence-electron chi connectivity index (χ0n) is 11.8. The van der Waals surface area contributed by atoms with Gasteiger partial charge in [-0.3, -0.25) is 9.69 Å². The molecule has 1 fully saturated rings. The van der Waals surface area contributed by atoms with E-state index in [-0.39, 0.29) is 12.0 Å². The van der Waals surface area contributed by atoms with Gasteiger partial charge in [0.05, 0.1) is 13.2 Å². The molecular formula is C16H21NO3. The number of hydrogen-bond acceptors (Lipinski definition) is 4. The number of rotatable bonds is 3. The SMILES string of the molecule is COC(=O)C1CC(O)CN1Cc1ccc2c(c1)CCC2. The van der Waals surface area contributed by atoms with Gasteiger partial charge in [0.15, 0.2) is 0 Å². The van der Waals surface area contributed by atoms with Gasteiger partial charge in [-0.2, -0.15) is 0 Å². The van der Waals surface area contributed by atoms with Gasteiger partial charge < -0.3 is 9.84 Å². The number of fused-ring (bicyclic) bond motifs is 1. The van der Waals surface area contributed by atoms with E-state index >= 15 is 0 Å². The number of esters is 1. The fourth-order valence-corrected chi connectivity index (χ4v) is 3.39. The molecule has 0 spiro atoms. The molecule has 0 radical (unpaired) electrons. The fraction of sp³-hybridized carbons (Fsp3) is 0.562. The average molecular weight is 275 g/mol. The summed E-state index contributed by atoms with van der Waals surface area (Å²) in [5.74, 6) is -0.247. The fourth-order valence-electron chi connectivity index (χ4n) is 3.39. The maximum Gasteiger partial charge on any atom is 0.323 e. The first kappa shape index (κ1) is 13.6. The molecule has 0 aromatic heterocycles. The van der Waals surface area contributed by atoms with Gasteiger partial charge in [0, 0.05) is 19.5 Å². The highest BCUT2D eigenvalue weighted by molar-refractivity contribution is 5.76. The second-order valence-electron chi connectivity index (χ2n) is 5.81. The number of nitrogens with zero attached hydrogens (tertiary/aromatic N) is 1. The molecule has 2 atom stereocenters. The predicted octanol–water partition coefficient (Wildman–Crippen LogP) is 1.28. The van der Waals surface area contributed by atoms with Crippen molar-refractivity contribution in [2.75, 3.05) is 13.7 Å². The number of methoxy groups -OCH3 is 1. The van der Waals surface area contributed by atoms with Crippen molar-refractivity contribution in [2.24, 2.45) is 0 Å². The van der Waals surface area contributed by atoms with Crippen LogP contribution in [-0.4, -0.2) is 41.8 Å². The van der Waals surface area contributed by atoms with Gasteiger partial charge >= 0.3 is 5.97 Å². The Bertz CT molecular complexity index is 514. The van der Waals surface area contributed by atoms with Crippen molar-refractivity contribution in [2.45, 2.75) is 44.4 Å². The molecule has 108 valence electrons. The van der Waals surface area contributed by atoms with Crippen molar-refractivity contribution in [3.8, 4) is 0 Å². The summed E-state index contributed by atoms with van der Waals surface area (Å²) in [6, 6.07) is 6.28. The highest BCUT2D eigenvalue weighted by Gasteiger charge is 2.36. The number of aliphatic hydroxyl groups is 1. The Labute approximate surface area is 119 Å². The molecule has 1 heterocycles. The lowest BCUT2D eigenvalue weighted by molar-refractivity contribution is -0.146. The van der Waals surface area contributed by atoms with Crippen LogP contribution in [0.1, 0.15) is 29.5 Å². The van der Waals surface area contributed by atoms with E-state index in [9.17, 15) is 9.90 Å². The second kappa shape index (κ2) is 5.54. The molecule has 1 aromatic carbocycles. The Hall–Kier alpha value is -1.39. The minimum absolute atomic E-state index is 0.247. The van der Waals surface area contributed by atoms with E-state index in [0.717, 1.165) is 6.42 Å². The molecule has 2 unspecified atom stereocenters. The van der Waals surface area contributed by atoms with Gasteiger partial charge in [-0.1, -0.05) is 18.2 Å². The Morgan fingerprint density at radius 3 is 3.00 bits per heavy atom. The molecule has 0 saturated carbocycles. The van der Waals surface area contributed by atoms with Crippen LogP contribution in [0.15, 0.2) is 18.2 Å². The van der Waals surface area contributed by atoms with Gasteiger partial charge in [0.1, 0.15) is 6.04 Å². The number of benzene rings is 1. The molecular weight excluding hydrogens is 254 g/mol. The highest BCUT2D eigenvalue weighted by atomic mass is 16.5. The summed E-state index contributed by atoms with van der Waals surface area (Å²) in [5, 5.41) is 9.80. The Balaban J connectivity index is 1.74. The molecule has 4 heteroatoms. The number of likely N-dealkylation sites (tertiary alicyclic amines) is 1. The lowest BCUT2D eigenvalue weighted by atomic mass is 10.1. The molecule has 0 amide bonds. The van der Waals surface area contributed by atoms with E-state index in [1.54, 1.807) is 0 Å². The number of ether oxygens (including phenoxy) is 1. The highest BCUT2D eigenvalue weighted by Crippen LogP contribution is 2.26. The van der Waals surface area contributed by atoms with Crippen LogP contribution < -0.4 is 0 Å². The maximum atomic E-state index is 11.8. The number of aliphatic hydroxyl groups excluding tert-OH is 1. The van der Waals surface area contributed by atoms with Crippen LogP contribution in [0.4, 0.5) is 0 Å². The van der Waals surface area contributed by atoms with Gasteiger partial charge in [0.25, 0.3) is 0 Å². The lowest BCUT2D eigenvalue weighted by Gasteiger charge is -2.22. The molecule has 3 rings (SSSR count). The molecule has 1 aliphatic carbocycles. The molecule has 20 heavy (non-hydrogen) atoms. The van der Waals surface area contributed by atoms with Crippen LogP contribution >= 0.6 is 0 Å². The molecule has 4 nitrogen and oxygen atoms in total. The van der Waals surface area contributed by atoms with Crippen LogP contribution in [0, 0.1) is 0 Å². The van der Waals surface area contributed by atoms with Crippen LogP contribution in [0.5, 0.6) is 0 Å². The van der Waals surface area contributed by atoms with Crippen molar-refractivity contribution < 1.29 is 14.6 Å². The van der Waals surface area contributed by atoms with Crippen LogP contribution in [0.3, 0.4) is 0 Å². The number of carbonyl (C=O) groups is 1. The van der Waals surface area contributed by atoms with Gasteiger partial charge in [-0.25, -0.2) is 0 Å². The predicted molar refractivity (Wildman–Crippen MR) is 75.3 cm³/mol. The van der Waals surface area contributed by atoms with E-state index in [1.165, 1.54) is 36.6 Å². The van der Waals surface area contributed by atoms with E-state index in [4.69, 9.17) is 4.74 Å². The van der Waals surface area contributed by atoms with E-state index in [0.29, 0.717) is 19.5 Å². The monoisotopic (exact) mass is 275 g/mol. The number of aryl methyl sites for hydroxylation is 2. The largest absolute Gasteiger partial charge is 0.468 e. The first-order valence-corrected chi connectivity index (χ1v) is 7.28. The first-order valence-electron chi connectivity index (χ1n) is 7.28. The van der Waals surface area contributed by atoms with Crippen molar-refractivity contribution in [3.05, 3.63) is 34.9 Å². The first-order chi connectivity index (χ1) is 9.67. The summed E-state index contributed by atoms with van der Waals surface area (Å²) in [6.07, 6.45) is 3.62. The zero-order valence-corrected chi connectivity index (χ0v) is 11.8. The van der Waals surface area contributed by atoms with Gasteiger partial charge in [-0.05, 0) is 36.0 Å². The maximum absolute atomic E-state index is 11.8. The third kappa shape index (κ3) is 2.58. The van der Waals surface area contributed by atoms with Gasteiger partial charge in [-0.15, -0.1) is 0 Å². The second-order valence-corrected chi connectivity index (χ2v) is 5.81. The number of hydrogen-bond donors (Lipinski definition) is 1. The summed E-state index contributed by atoms with van der Waals surface area (Å²) in [4.78, 5) is 13.8. The molecule has 0 bridgehead atoms. The molecule has 1 aliphatic heterocycles. The third-order valence-corrected chi connectivity index (χ3v) is 4.40. The summed E-state index contributed by atoms with van der Waals surface area (Å²) >= 11 is 0.